The summed E-state index contributed by atoms with van der Waals surface area (Å²) in [5.41, 5.74) is 4.60. The van der Waals surface area contributed by atoms with Gasteiger partial charge in [-0.3, -0.25) is 4.79 Å². The molecule has 0 spiro atoms. The lowest BCUT2D eigenvalue weighted by molar-refractivity contribution is 0.102. The lowest BCUT2D eigenvalue weighted by Gasteiger charge is -2.17. The molecule has 1 aliphatic heterocycles. The molecule has 0 bridgehead atoms. The van der Waals surface area contributed by atoms with Gasteiger partial charge in [0.15, 0.2) is 11.2 Å². The van der Waals surface area contributed by atoms with E-state index in [1.165, 1.54) is 18.5 Å². The maximum atomic E-state index is 12.6. The van der Waals surface area contributed by atoms with Crippen LogP contribution in [0.25, 0.3) is 22.7 Å². The van der Waals surface area contributed by atoms with E-state index in [1.54, 1.807) is 6.20 Å². The standard InChI is InChI=1S/C23H20N4O2/c28-22(16-7-11-19(12-8-16)27-14-1-2-15-27)25-18-9-5-17(6-10-18)23-26-21-20(29-23)4-3-13-24-21/h3-13H,1-2,14-15H2,(H,25,28). The summed E-state index contributed by atoms with van der Waals surface area (Å²) in [7, 11) is 0. The summed E-state index contributed by atoms with van der Waals surface area (Å²) >= 11 is 0. The molecule has 1 saturated heterocycles. The Hall–Kier alpha value is -3.67. The van der Waals surface area contributed by atoms with E-state index in [9.17, 15) is 4.79 Å². The Morgan fingerprint density at radius 3 is 2.45 bits per heavy atom. The van der Waals surface area contributed by atoms with E-state index in [2.05, 4.69) is 20.2 Å². The van der Waals surface area contributed by atoms with Crippen LogP contribution in [0.4, 0.5) is 11.4 Å². The van der Waals surface area contributed by atoms with Crippen molar-refractivity contribution < 1.29 is 9.21 Å². The van der Waals surface area contributed by atoms with Gasteiger partial charge in [-0.1, -0.05) is 0 Å². The van der Waals surface area contributed by atoms with E-state index in [0.29, 0.717) is 22.7 Å². The number of fused-ring (bicyclic) bond motifs is 1. The molecule has 6 nitrogen and oxygen atoms in total. The van der Waals surface area contributed by atoms with Crippen LogP contribution in [-0.4, -0.2) is 29.0 Å². The number of nitrogens with zero attached hydrogens (tertiary/aromatic N) is 3. The number of rotatable bonds is 4. The third kappa shape index (κ3) is 3.57. The van der Waals surface area contributed by atoms with Crippen LogP contribution in [-0.2, 0) is 0 Å². The Bertz CT molecular complexity index is 1110. The predicted octanol–water partition coefficient (Wildman–Crippen LogP) is 4.74. The summed E-state index contributed by atoms with van der Waals surface area (Å²) in [4.78, 5) is 23.5. The van der Waals surface area contributed by atoms with E-state index < -0.39 is 0 Å². The SMILES string of the molecule is O=C(Nc1ccc(-c2nc3ncccc3o2)cc1)c1ccc(N2CCCC2)cc1. The van der Waals surface area contributed by atoms with E-state index >= 15 is 0 Å². The van der Waals surface area contributed by atoms with Crippen molar-refractivity contribution in [2.45, 2.75) is 12.8 Å². The second-order valence-corrected chi connectivity index (χ2v) is 7.12. The molecule has 0 unspecified atom stereocenters. The third-order valence-electron chi connectivity index (χ3n) is 5.16. The predicted molar refractivity (Wildman–Crippen MR) is 113 cm³/mol. The molecule has 1 aliphatic rings. The van der Waals surface area contributed by atoms with Crippen molar-refractivity contribution in [1.82, 2.24) is 9.97 Å². The molecule has 2 aromatic carbocycles. The number of carbonyl (C=O) groups excluding carboxylic acids is 1. The van der Waals surface area contributed by atoms with Gasteiger partial charge in [-0.25, -0.2) is 4.98 Å². The van der Waals surface area contributed by atoms with Gasteiger partial charge in [0.05, 0.1) is 0 Å². The molecule has 0 atom stereocenters. The smallest absolute Gasteiger partial charge is 0.255 e. The van der Waals surface area contributed by atoms with Gasteiger partial charge >= 0.3 is 0 Å². The van der Waals surface area contributed by atoms with Gasteiger partial charge in [0.25, 0.3) is 5.91 Å². The van der Waals surface area contributed by atoms with Gasteiger partial charge < -0.3 is 14.6 Å². The highest BCUT2D eigenvalue weighted by Crippen LogP contribution is 2.25. The number of oxazole rings is 1. The van der Waals surface area contributed by atoms with Gasteiger partial charge in [0, 0.05) is 41.8 Å². The summed E-state index contributed by atoms with van der Waals surface area (Å²) in [6.45, 7) is 2.18. The Labute approximate surface area is 168 Å². The minimum Gasteiger partial charge on any atom is -0.434 e. The van der Waals surface area contributed by atoms with Crippen LogP contribution in [0.15, 0.2) is 71.3 Å². The molecule has 4 aromatic rings. The molecule has 1 N–H and O–H groups in total. The molecule has 0 saturated carbocycles. The number of pyridine rings is 1. The van der Waals surface area contributed by atoms with E-state index in [-0.39, 0.29) is 5.91 Å². The van der Waals surface area contributed by atoms with Crippen molar-refractivity contribution in [3.05, 3.63) is 72.4 Å². The maximum Gasteiger partial charge on any atom is 0.255 e. The van der Waals surface area contributed by atoms with Crippen molar-refractivity contribution in [2.24, 2.45) is 0 Å². The number of nitrogens with one attached hydrogen (secondary N) is 1. The normalized spacial score (nSPS) is 13.7. The zero-order chi connectivity index (χ0) is 19.6. The lowest BCUT2D eigenvalue weighted by Crippen LogP contribution is -2.18. The molecule has 0 aliphatic carbocycles. The molecular weight excluding hydrogens is 364 g/mol. The fourth-order valence-electron chi connectivity index (χ4n) is 3.59. The Morgan fingerprint density at radius 1 is 0.966 bits per heavy atom. The van der Waals surface area contributed by atoms with Crippen LogP contribution in [0.1, 0.15) is 23.2 Å². The molecule has 3 heterocycles. The second kappa shape index (κ2) is 7.39. The van der Waals surface area contributed by atoms with E-state index in [1.807, 2.05) is 60.7 Å². The number of aromatic nitrogens is 2. The first-order valence-electron chi connectivity index (χ1n) is 9.75. The molecular formula is C23H20N4O2. The van der Waals surface area contributed by atoms with Crippen molar-refractivity contribution in [1.29, 1.82) is 0 Å². The number of carbonyl (C=O) groups is 1. The zero-order valence-corrected chi connectivity index (χ0v) is 15.8. The number of benzene rings is 2. The first-order valence-corrected chi connectivity index (χ1v) is 9.75. The van der Waals surface area contributed by atoms with Gasteiger partial charge in [-0.2, -0.15) is 4.98 Å². The zero-order valence-electron chi connectivity index (χ0n) is 15.8. The number of hydrogen-bond acceptors (Lipinski definition) is 5. The fourth-order valence-corrected chi connectivity index (χ4v) is 3.59. The van der Waals surface area contributed by atoms with Crippen molar-refractivity contribution in [3.63, 3.8) is 0 Å². The average molecular weight is 384 g/mol. The Kier molecular flexibility index (Phi) is 4.44. The Morgan fingerprint density at radius 2 is 1.72 bits per heavy atom. The quantitative estimate of drug-likeness (QED) is 0.550. The molecule has 144 valence electrons. The number of amides is 1. The summed E-state index contributed by atoms with van der Waals surface area (Å²) in [5, 5.41) is 2.94. The number of hydrogen-bond donors (Lipinski definition) is 1. The largest absolute Gasteiger partial charge is 0.434 e. The highest BCUT2D eigenvalue weighted by molar-refractivity contribution is 6.04. The molecule has 2 aromatic heterocycles. The van der Waals surface area contributed by atoms with E-state index in [0.717, 1.165) is 24.3 Å². The third-order valence-corrected chi connectivity index (χ3v) is 5.16. The van der Waals surface area contributed by atoms with Crippen LogP contribution in [0.2, 0.25) is 0 Å². The van der Waals surface area contributed by atoms with Crippen LogP contribution in [0.5, 0.6) is 0 Å². The topological polar surface area (TPSA) is 71.3 Å². The number of anilines is 2. The highest BCUT2D eigenvalue weighted by atomic mass is 16.3. The van der Waals surface area contributed by atoms with Crippen molar-refractivity contribution in [2.75, 3.05) is 23.3 Å². The van der Waals surface area contributed by atoms with Crippen LogP contribution < -0.4 is 10.2 Å². The maximum absolute atomic E-state index is 12.6. The minimum atomic E-state index is -0.128. The van der Waals surface area contributed by atoms with Crippen molar-refractivity contribution in [3.8, 4) is 11.5 Å². The molecule has 29 heavy (non-hydrogen) atoms. The van der Waals surface area contributed by atoms with Gasteiger partial charge in [0.2, 0.25) is 5.89 Å². The summed E-state index contributed by atoms with van der Waals surface area (Å²) in [5.74, 6) is 0.380. The van der Waals surface area contributed by atoms with Crippen LogP contribution in [0.3, 0.4) is 0 Å². The van der Waals surface area contributed by atoms with E-state index in [4.69, 9.17) is 4.42 Å². The lowest BCUT2D eigenvalue weighted by atomic mass is 10.1. The first kappa shape index (κ1) is 17.4. The molecule has 1 fully saturated rings. The molecule has 6 heteroatoms. The monoisotopic (exact) mass is 384 g/mol. The molecule has 0 radical (unpaired) electrons. The minimum absolute atomic E-state index is 0.128. The fraction of sp³-hybridized carbons (Fsp3) is 0.174. The second-order valence-electron chi connectivity index (χ2n) is 7.12. The van der Waals surface area contributed by atoms with Crippen molar-refractivity contribution >= 4 is 28.5 Å². The highest BCUT2D eigenvalue weighted by Gasteiger charge is 2.13. The Balaban J connectivity index is 1.28. The summed E-state index contributed by atoms with van der Waals surface area (Å²) in [6.07, 6.45) is 4.15. The summed E-state index contributed by atoms with van der Waals surface area (Å²) < 4.78 is 5.73. The van der Waals surface area contributed by atoms with Gasteiger partial charge in [-0.05, 0) is 73.5 Å². The van der Waals surface area contributed by atoms with Gasteiger partial charge in [-0.15, -0.1) is 0 Å². The van der Waals surface area contributed by atoms with Crippen LogP contribution >= 0.6 is 0 Å². The first-order chi connectivity index (χ1) is 14.3. The van der Waals surface area contributed by atoms with Gasteiger partial charge in [0.1, 0.15) is 0 Å². The summed E-state index contributed by atoms with van der Waals surface area (Å²) in [6, 6.07) is 18.9. The molecule has 5 rings (SSSR count). The molecule has 1 amide bonds. The average Bonchev–Trinajstić information content (AvgIpc) is 3.44. The van der Waals surface area contributed by atoms with Crippen LogP contribution in [0, 0.1) is 0 Å².